The van der Waals surface area contributed by atoms with E-state index in [1.54, 1.807) is 19.1 Å². The molecule has 0 saturated heterocycles. The number of esters is 1. The average molecular weight is 250 g/mol. The van der Waals surface area contributed by atoms with Crippen LogP contribution in [-0.2, 0) is 19.9 Å². The molecule has 0 radical (unpaired) electrons. The number of hydrogen-bond donors (Lipinski definition) is 1. The van der Waals surface area contributed by atoms with Crippen molar-refractivity contribution in [1.29, 1.82) is 0 Å². The lowest BCUT2D eigenvalue weighted by molar-refractivity contribution is 0.0606. The van der Waals surface area contributed by atoms with Crippen LogP contribution in [0.1, 0.15) is 27.6 Å². The Balaban J connectivity index is 2.79. The highest BCUT2D eigenvalue weighted by Crippen LogP contribution is 2.26. The molecule has 0 spiro atoms. The highest BCUT2D eigenvalue weighted by Gasteiger charge is 2.14. The molecule has 0 aromatic carbocycles. The second-order valence-corrected chi connectivity index (χ2v) is 4.44. The second kappa shape index (κ2) is 5.24. The van der Waals surface area contributed by atoms with Gasteiger partial charge in [-0.1, -0.05) is 0 Å². The monoisotopic (exact) mass is 250 g/mol. The van der Waals surface area contributed by atoms with Crippen LogP contribution in [0.4, 0.5) is 0 Å². The van der Waals surface area contributed by atoms with Gasteiger partial charge in [0.15, 0.2) is 0 Å². The molecule has 0 aliphatic rings. The lowest BCUT2D eigenvalue weighted by atomic mass is 10.3. The van der Waals surface area contributed by atoms with Gasteiger partial charge in [-0.25, -0.2) is 13.2 Å². The van der Waals surface area contributed by atoms with E-state index in [0.717, 1.165) is 11.3 Å². The maximum absolute atomic E-state index is 11.1. The van der Waals surface area contributed by atoms with Crippen molar-refractivity contribution < 1.29 is 22.1 Å². The Morgan fingerprint density at radius 2 is 2.13 bits per heavy atom. The summed E-state index contributed by atoms with van der Waals surface area (Å²) in [6.07, 6.45) is -0.575. The van der Waals surface area contributed by atoms with Gasteiger partial charge in [0.1, 0.15) is 11.0 Å². The molecular weight excluding hydrogens is 240 g/mol. The van der Waals surface area contributed by atoms with Crippen molar-refractivity contribution in [3.8, 4) is 0 Å². The van der Waals surface area contributed by atoms with Crippen LogP contribution in [0, 0.1) is 0 Å². The Hall–Kier alpha value is -0.920. The molecular formula is C8H10O5S2. The van der Waals surface area contributed by atoms with E-state index in [0.29, 0.717) is 9.75 Å². The minimum Gasteiger partial charge on any atom is -0.465 e. The van der Waals surface area contributed by atoms with E-state index < -0.39 is 23.1 Å². The van der Waals surface area contributed by atoms with Crippen molar-refractivity contribution in [3.63, 3.8) is 0 Å². The number of hydrogen-bond acceptors (Lipinski definition) is 6. The molecule has 1 unspecified atom stereocenters. The van der Waals surface area contributed by atoms with Crippen LogP contribution in [0.2, 0.25) is 0 Å². The number of thiophene rings is 1. The third kappa shape index (κ3) is 3.29. The summed E-state index contributed by atoms with van der Waals surface area (Å²) in [6.45, 7) is 1.60. The summed E-state index contributed by atoms with van der Waals surface area (Å²) in [6, 6.07) is 3.21. The van der Waals surface area contributed by atoms with E-state index >= 15 is 0 Å². The molecule has 0 aliphatic carbocycles. The molecule has 0 N–H and O–H groups in total. The van der Waals surface area contributed by atoms with Crippen molar-refractivity contribution in [1.82, 2.24) is 0 Å². The number of methoxy groups -OCH3 is 1. The van der Waals surface area contributed by atoms with Crippen molar-refractivity contribution >= 4 is 28.3 Å². The number of carbonyl (C=O) groups excluding carboxylic acids is 1. The first-order valence-corrected chi connectivity index (χ1v) is 5.95. The lowest BCUT2D eigenvalue weighted by Crippen LogP contribution is -1.97. The highest BCUT2D eigenvalue weighted by atomic mass is 32.2. The summed E-state index contributed by atoms with van der Waals surface area (Å²) < 4.78 is 29.7. The molecule has 0 amide bonds. The van der Waals surface area contributed by atoms with Gasteiger partial charge in [0.25, 0.3) is 11.0 Å². The lowest BCUT2D eigenvalue weighted by Gasteiger charge is -2.03. The van der Waals surface area contributed by atoms with Crippen molar-refractivity contribution in [2.45, 2.75) is 13.0 Å². The van der Waals surface area contributed by atoms with Gasteiger partial charge in [-0.05, 0) is 19.1 Å². The maximum atomic E-state index is 11.1. The molecule has 15 heavy (non-hydrogen) atoms. The molecule has 0 aliphatic heterocycles. The van der Waals surface area contributed by atoms with E-state index in [9.17, 15) is 13.2 Å². The zero-order valence-electron chi connectivity index (χ0n) is 8.13. The first-order valence-electron chi connectivity index (χ1n) is 4.03. The average Bonchev–Trinajstić information content (AvgIpc) is 2.64. The van der Waals surface area contributed by atoms with Gasteiger partial charge >= 0.3 is 5.97 Å². The Morgan fingerprint density at radius 1 is 1.47 bits per heavy atom. The Labute approximate surface area is 92.8 Å². The smallest absolute Gasteiger partial charge is 0.348 e. The largest absolute Gasteiger partial charge is 0.465 e. The van der Waals surface area contributed by atoms with Crippen LogP contribution in [0.15, 0.2) is 12.1 Å². The van der Waals surface area contributed by atoms with Crippen LogP contribution >= 0.6 is 11.3 Å². The van der Waals surface area contributed by atoms with E-state index in [-0.39, 0.29) is 0 Å². The number of thiol groups is 1. The fraction of sp³-hybridized carbons (Fsp3) is 0.375. The fourth-order valence-corrected chi connectivity index (χ4v) is 2.31. The quantitative estimate of drug-likeness (QED) is 0.641. The molecule has 0 bridgehead atoms. The molecule has 1 aromatic heterocycles. The zero-order valence-corrected chi connectivity index (χ0v) is 9.84. The Bertz CT molecular complexity index is 412. The number of carbonyl (C=O) groups is 1. The first-order chi connectivity index (χ1) is 7.04. The van der Waals surface area contributed by atoms with E-state index in [1.165, 1.54) is 7.11 Å². The molecule has 5 nitrogen and oxygen atoms in total. The van der Waals surface area contributed by atoms with Crippen LogP contribution in [0.25, 0.3) is 0 Å². The molecule has 1 heterocycles. The normalized spacial score (nSPS) is 12.7. The molecule has 84 valence electrons. The Morgan fingerprint density at radius 3 is 2.67 bits per heavy atom. The third-order valence-corrected chi connectivity index (χ3v) is 3.37. The predicted molar refractivity (Wildman–Crippen MR) is 55.5 cm³/mol. The van der Waals surface area contributed by atoms with Gasteiger partial charge < -0.3 is 4.74 Å². The molecule has 0 fully saturated rings. The van der Waals surface area contributed by atoms with Crippen molar-refractivity contribution in [2.75, 3.05) is 7.11 Å². The van der Waals surface area contributed by atoms with Crippen LogP contribution in [0.3, 0.4) is 0 Å². The standard InChI is InChI=1S/C8H10O5S2/c1-5(13-15(10)11)6-3-4-7(14-6)8(9)12-2/h3-5,15H,1-2H3. The SMILES string of the molecule is COC(=O)c1ccc(C(C)O[SH](=O)=O)s1. The fourth-order valence-electron chi connectivity index (χ4n) is 0.963. The summed E-state index contributed by atoms with van der Waals surface area (Å²) >= 11 is 1.15. The first kappa shape index (κ1) is 12.2. The maximum Gasteiger partial charge on any atom is 0.348 e. The summed E-state index contributed by atoms with van der Waals surface area (Å²) in [5.41, 5.74) is 0. The van der Waals surface area contributed by atoms with Gasteiger partial charge in [0.2, 0.25) is 0 Å². The third-order valence-electron chi connectivity index (χ3n) is 1.66. The predicted octanol–water partition coefficient (Wildman–Crippen LogP) is 1.14. The van der Waals surface area contributed by atoms with Crippen LogP contribution < -0.4 is 0 Å². The van der Waals surface area contributed by atoms with Crippen molar-refractivity contribution in [3.05, 3.63) is 21.9 Å². The summed E-state index contributed by atoms with van der Waals surface area (Å²) in [5, 5.41) is 0. The van der Waals surface area contributed by atoms with Gasteiger partial charge in [-0.3, -0.25) is 4.18 Å². The van der Waals surface area contributed by atoms with Crippen LogP contribution in [-0.4, -0.2) is 21.5 Å². The summed E-state index contributed by atoms with van der Waals surface area (Å²) in [5.74, 6) is -0.440. The van der Waals surface area contributed by atoms with Gasteiger partial charge in [-0.15, -0.1) is 11.3 Å². The minimum absolute atomic E-state index is 0.420. The van der Waals surface area contributed by atoms with Gasteiger partial charge in [0, 0.05) is 4.88 Å². The minimum atomic E-state index is -2.88. The molecule has 1 atom stereocenters. The molecule has 1 rings (SSSR count). The molecule has 1 aromatic rings. The Kier molecular flexibility index (Phi) is 4.25. The number of ether oxygens (including phenoxy) is 1. The highest BCUT2D eigenvalue weighted by molar-refractivity contribution is 7.67. The molecule has 7 heteroatoms. The van der Waals surface area contributed by atoms with Gasteiger partial charge in [0.05, 0.1) is 7.11 Å². The van der Waals surface area contributed by atoms with Crippen molar-refractivity contribution in [2.24, 2.45) is 0 Å². The summed E-state index contributed by atoms with van der Waals surface area (Å²) in [4.78, 5) is 12.2. The topological polar surface area (TPSA) is 69.7 Å². The van der Waals surface area contributed by atoms with E-state index in [1.807, 2.05) is 0 Å². The van der Waals surface area contributed by atoms with E-state index in [4.69, 9.17) is 0 Å². The van der Waals surface area contributed by atoms with Crippen LogP contribution in [0.5, 0.6) is 0 Å². The van der Waals surface area contributed by atoms with E-state index in [2.05, 4.69) is 8.92 Å². The second-order valence-electron chi connectivity index (χ2n) is 2.66. The zero-order chi connectivity index (χ0) is 11.4. The number of rotatable bonds is 4. The molecule has 0 saturated carbocycles. The summed E-state index contributed by atoms with van der Waals surface area (Å²) in [7, 11) is -1.59. The van der Waals surface area contributed by atoms with Gasteiger partial charge in [-0.2, -0.15) is 0 Å².